The number of hydrogen-bond acceptors (Lipinski definition) is 6. The molecular weight excluding hydrogens is 528 g/mol. The van der Waals surface area contributed by atoms with Crippen LogP contribution in [-0.2, 0) is 15.1 Å². The summed E-state index contributed by atoms with van der Waals surface area (Å²) in [6, 6.07) is 26.5. The topological polar surface area (TPSA) is 94.3 Å². The van der Waals surface area contributed by atoms with Crippen LogP contribution in [0.4, 0.5) is 0 Å². The minimum atomic E-state index is -0.878. The van der Waals surface area contributed by atoms with Crippen LogP contribution in [0.2, 0.25) is 0 Å². The number of methoxy groups -OCH3 is 2. The molecule has 1 saturated carbocycles. The van der Waals surface area contributed by atoms with Crippen molar-refractivity contribution in [3.8, 4) is 11.5 Å². The number of carbonyl (C=O) groups is 1. The van der Waals surface area contributed by atoms with E-state index in [2.05, 4.69) is 36.4 Å². The summed E-state index contributed by atoms with van der Waals surface area (Å²) in [6.07, 6.45) is 3.38. The Morgan fingerprint density at radius 3 is 1.86 bits per heavy atom. The molecule has 1 aliphatic heterocycles. The van der Waals surface area contributed by atoms with Crippen molar-refractivity contribution in [3.05, 3.63) is 95.6 Å². The zero-order valence-electron chi connectivity index (χ0n) is 24.8. The number of carbonyl (C=O) groups excluding carboxylic acids is 1. The van der Waals surface area contributed by atoms with E-state index in [1.807, 2.05) is 47.4 Å². The van der Waals surface area contributed by atoms with Gasteiger partial charge in [-0.3, -0.25) is 4.79 Å². The van der Waals surface area contributed by atoms with Crippen molar-refractivity contribution >= 4 is 5.91 Å². The van der Waals surface area contributed by atoms with Gasteiger partial charge in [-0.25, -0.2) is 0 Å². The molecule has 2 aliphatic rings. The Bertz CT molecular complexity index is 1220. The van der Waals surface area contributed by atoms with Crippen molar-refractivity contribution in [2.75, 3.05) is 47.1 Å². The minimum absolute atomic E-state index is 0.144. The standard InChI is InChI=1S/C35H44N2O5/c1-40-28-16-12-26(13-17-28)35(25-9-5-3-6-10-25,27-14-18-29(41-2)19-15-27)42-24-33-30-21-37(22-31(33)32(30)23-38)34(39)11-7-4-8-20-36/h3,5-6,9-10,12-19,30-33,38H,4,7-8,11,20-24,36H2,1-2H3. The Hall–Kier alpha value is -3.39. The highest BCUT2D eigenvalue weighted by molar-refractivity contribution is 5.76. The molecule has 3 aromatic rings. The van der Waals surface area contributed by atoms with Gasteiger partial charge in [0, 0.05) is 26.1 Å². The van der Waals surface area contributed by atoms with Crippen LogP contribution >= 0.6 is 0 Å². The molecule has 2 bridgehead atoms. The summed E-state index contributed by atoms with van der Waals surface area (Å²) in [5.74, 6) is 2.65. The first-order valence-corrected chi connectivity index (χ1v) is 15.1. The van der Waals surface area contributed by atoms with Gasteiger partial charge in [0.15, 0.2) is 0 Å². The number of piperidine rings is 2. The van der Waals surface area contributed by atoms with Crippen molar-refractivity contribution in [1.82, 2.24) is 4.90 Å². The van der Waals surface area contributed by atoms with E-state index in [9.17, 15) is 9.90 Å². The molecule has 1 aliphatic carbocycles. The van der Waals surface area contributed by atoms with Crippen molar-refractivity contribution in [2.24, 2.45) is 29.4 Å². The van der Waals surface area contributed by atoms with Gasteiger partial charge in [-0.15, -0.1) is 0 Å². The fourth-order valence-corrected chi connectivity index (χ4v) is 7.02. The van der Waals surface area contributed by atoms with Crippen LogP contribution < -0.4 is 15.2 Å². The molecule has 1 heterocycles. The van der Waals surface area contributed by atoms with Crippen molar-refractivity contribution in [3.63, 3.8) is 0 Å². The second kappa shape index (κ2) is 13.7. The van der Waals surface area contributed by atoms with Crippen LogP contribution in [0.3, 0.4) is 0 Å². The van der Waals surface area contributed by atoms with Gasteiger partial charge in [0.1, 0.15) is 17.1 Å². The summed E-state index contributed by atoms with van der Waals surface area (Å²) in [5, 5.41) is 10.2. The van der Waals surface area contributed by atoms with Crippen molar-refractivity contribution in [2.45, 2.75) is 31.3 Å². The lowest BCUT2D eigenvalue weighted by Gasteiger charge is -2.59. The van der Waals surface area contributed by atoms with Crippen LogP contribution in [0.15, 0.2) is 78.9 Å². The predicted molar refractivity (Wildman–Crippen MR) is 163 cm³/mol. The Labute approximate surface area is 249 Å². The number of unbranched alkanes of at least 4 members (excludes halogenated alkanes) is 2. The van der Waals surface area contributed by atoms with Gasteiger partial charge in [0.05, 0.1) is 20.8 Å². The number of nitrogens with zero attached hydrogens (tertiary/aromatic N) is 1. The van der Waals surface area contributed by atoms with Crippen molar-refractivity contribution < 1.29 is 24.1 Å². The third kappa shape index (κ3) is 5.91. The zero-order valence-corrected chi connectivity index (χ0v) is 24.8. The first-order valence-electron chi connectivity index (χ1n) is 15.1. The summed E-state index contributed by atoms with van der Waals surface area (Å²) in [4.78, 5) is 15.0. The first kappa shape index (κ1) is 30.1. The second-order valence-corrected chi connectivity index (χ2v) is 11.6. The maximum Gasteiger partial charge on any atom is 0.222 e. The molecule has 2 fully saturated rings. The molecule has 0 aromatic heterocycles. The first-order chi connectivity index (χ1) is 20.5. The molecule has 3 aromatic carbocycles. The summed E-state index contributed by atoms with van der Waals surface area (Å²) < 4.78 is 18.1. The molecule has 2 unspecified atom stereocenters. The number of fused-ring (bicyclic) bond motifs is 2. The highest BCUT2D eigenvalue weighted by Crippen LogP contribution is 2.52. The fourth-order valence-electron chi connectivity index (χ4n) is 7.02. The van der Waals surface area contributed by atoms with E-state index in [-0.39, 0.29) is 36.2 Å². The lowest BCUT2D eigenvalue weighted by Crippen LogP contribution is -2.64. The van der Waals surface area contributed by atoms with Gasteiger partial charge in [0.2, 0.25) is 5.91 Å². The molecule has 0 spiro atoms. The number of rotatable bonds is 14. The summed E-state index contributed by atoms with van der Waals surface area (Å²) in [6.45, 7) is 2.67. The van der Waals surface area contributed by atoms with Gasteiger partial charge in [-0.05, 0) is 84.0 Å². The Kier molecular flexibility index (Phi) is 9.83. The summed E-state index contributed by atoms with van der Waals surface area (Å²) in [5.41, 5.74) is 7.75. The van der Waals surface area contributed by atoms with E-state index < -0.39 is 5.60 Å². The highest BCUT2D eigenvalue weighted by Gasteiger charge is 2.55. The van der Waals surface area contributed by atoms with E-state index in [1.165, 1.54) is 0 Å². The molecule has 1 saturated heterocycles. The monoisotopic (exact) mass is 572 g/mol. The predicted octanol–water partition coefficient (Wildman–Crippen LogP) is 4.84. The molecule has 0 radical (unpaired) electrons. The number of aliphatic hydroxyl groups is 1. The van der Waals surface area contributed by atoms with E-state index in [0.29, 0.717) is 32.7 Å². The minimum Gasteiger partial charge on any atom is -0.497 e. The third-order valence-corrected chi connectivity index (χ3v) is 9.39. The third-order valence-electron chi connectivity index (χ3n) is 9.39. The number of amides is 1. The molecule has 1 amide bonds. The molecule has 42 heavy (non-hydrogen) atoms. The fraction of sp³-hybridized carbons (Fsp3) is 0.457. The quantitative estimate of drug-likeness (QED) is 0.212. The average Bonchev–Trinajstić information content (AvgIpc) is 3.05. The van der Waals surface area contributed by atoms with Crippen LogP contribution in [0.25, 0.3) is 0 Å². The Morgan fingerprint density at radius 1 is 0.810 bits per heavy atom. The van der Waals surface area contributed by atoms with Gasteiger partial charge in [-0.2, -0.15) is 0 Å². The molecule has 5 rings (SSSR count). The second-order valence-electron chi connectivity index (χ2n) is 11.6. The van der Waals surface area contributed by atoms with Crippen LogP contribution in [0, 0.1) is 23.7 Å². The number of hydrogen-bond donors (Lipinski definition) is 2. The average molecular weight is 573 g/mol. The number of benzene rings is 3. The number of aliphatic hydroxyl groups excluding tert-OH is 1. The number of ether oxygens (including phenoxy) is 3. The lowest BCUT2D eigenvalue weighted by atomic mass is 9.54. The van der Waals surface area contributed by atoms with Crippen LogP contribution in [0.1, 0.15) is 42.4 Å². The van der Waals surface area contributed by atoms with Crippen LogP contribution in [-0.4, -0.2) is 63.0 Å². The highest BCUT2D eigenvalue weighted by atomic mass is 16.5. The smallest absolute Gasteiger partial charge is 0.222 e. The van der Waals surface area contributed by atoms with E-state index in [0.717, 1.165) is 47.5 Å². The maximum atomic E-state index is 13.0. The zero-order chi connectivity index (χ0) is 29.5. The summed E-state index contributed by atoms with van der Waals surface area (Å²) >= 11 is 0. The Morgan fingerprint density at radius 2 is 1.36 bits per heavy atom. The number of nitrogens with two attached hydrogens (primary N) is 1. The molecular formula is C35H44N2O5. The molecule has 3 N–H and O–H groups in total. The molecule has 7 nitrogen and oxygen atoms in total. The SMILES string of the molecule is COc1ccc(C(OCC2C3CN(C(=O)CCCCCN)CC2C3CO)(c2ccccc2)c2ccc(OC)cc2)cc1. The van der Waals surface area contributed by atoms with Gasteiger partial charge in [-0.1, -0.05) is 61.0 Å². The van der Waals surface area contributed by atoms with Gasteiger partial charge < -0.3 is 30.0 Å². The normalized spacial score (nSPS) is 21.5. The van der Waals surface area contributed by atoms with Gasteiger partial charge in [0.25, 0.3) is 0 Å². The summed E-state index contributed by atoms with van der Waals surface area (Å²) in [7, 11) is 3.33. The van der Waals surface area contributed by atoms with E-state index in [4.69, 9.17) is 19.9 Å². The molecule has 7 heteroatoms. The van der Waals surface area contributed by atoms with E-state index in [1.54, 1.807) is 14.2 Å². The van der Waals surface area contributed by atoms with Crippen LogP contribution in [0.5, 0.6) is 11.5 Å². The lowest BCUT2D eigenvalue weighted by molar-refractivity contribution is -0.175. The maximum absolute atomic E-state index is 13.0. The molecule has 2 atom stereocenters. The Balaban J connectivity index is 1.43. The van der Waals surface area contributed by atoms with Crippen molar-refractivity contribution in [1.29, 1.82) is 0 Å². The molecule has 224 valence electrons. The number of likely N-dealkylation sites (tertiary alicyclic amines) is 1. The van der Waals surface area contributed by atoms with Gasteiger partial charge >= 0.3 is 0 Å². The van der Waals surface area contributed by atoms with E-state index >= 15 is 0 Å². The largest absolute Gasteiger partial charge is 0.497 e.